The molecule has 1 unspecified atom stereocenters. The van der Waals surface area contributed by atoms with Gasteiger partial charge in [0.15, 0.2) is 0 Å². The van der Waals surface area contributed by atoms with Crippen molar-refractivity contribution < 1.29 is 4.42 Å². The van der Waals surface area contributed by atoms with Gasteiger partial charge in [-0.3, -0.25) is 0 Å². The van der Waals surface area contributed by atoms with E-state index in [4.69, 9.17) is 4.42 Å². The SMILES string of the molecule is CCNC(c1ccc(C(C)C)cc1)c1cc(C)oc1C. The van der Waals surface area contributed by atoms with E-state index >= 15 is 0 Å². The van der Waals surface area contributed by atoms with Crippen LogP contribution in [0, 0.1) is 13.8 Å². The maximum absolute atomic E-state index is 5.69. The summed E-state index contributed by atoms with van der Waals surface area (Å²) in [6, 6.07) is 11.3. The molecule has 1 heterocycles. The lowest BCUT2D eigenvalue weighted by atomic mass is 9.95. The zero-order chi connectivity index (χ0) is 14.7. The van der Waals surface area contributed by atoms with Crippen LogP contribution in [0.2, 0.25) is 0 Å². The minimum atomic E-state index is 0.207. The van der Waals surface area contributed by atoms with Crippen LogP contribution in [0.4, 0.5) is 0 Å². The molecule has 1 N–H and O–H groups in total. The number of benzene rings is 1. The topological polar surface area (TPSA) is 25.2 Å². The molecule has 0 saturated carbocycles. The van der Waals surface area contributed by atoms with Gasteiger partial charge in [-0.1, -0.05) is 45.0 Å². The summed E-state index contributed by atoms with van der Waals surface area (Å²) in [5, 5.41) is 3.56. The van der Waals surface area contributed by atoms with Crippen molar-refractivity contribution in [2.45, 2.75) is 46.6 Å². The molecule has 1 aromatic heterocycles. The van der Waals surface area contributed by atoms with E-state index in [1.54, 1.807) is 0 Å². The van der Waals surface area contributed by atoms with Gasteiger partial charge in [-0.25, -0.2) is 0 Å². The van der Waals surface area contributed by atoms with E-state index in [-0.39, 0.29) is 6.04 Å². The zero-order valence-corrected chi connectivity index (χ0v) is 13.2. The lowest BCUT2D eigenvalue weighted by Crippen LogP contribution is -2.22. The van der Waals surface area contributed by atoms with E-state index < -0.39 is 0 Å². The van der Waals surface area contributed by atoms with Crippen molar-refractivity contribution in [1.82, 2.24) is 5.32 Å². The van der Waals surface area contributed by atoms with Crippen LogP contribution < -0.4 is 5.32 Å². The van der Waals surface area contributed by atoms with Gasteiger partial charge < -0.3 is 9.73 Å². The number of nitrogens with one attached hydrogen (secondary N) is 1. The standard InChI is InChI=1S/C18H25NO/c1-6-19-18(17-11-13(4)20-14(17)5)16-9-7-15(8-10-16)12(2)3/h7-12,18-19H,6H2,1-5H3. The van der Waals surface area contributed by atoms with Crippen LogP contribution in [0.1, 0.15) is 60.9 Å². The smallest absolute Gasteiger partial charge is 0.106 e. The third kappa shape index (κ3) is 3.13. The number of furan rings is 1. The van der Waals surface area contributed by atoms with Gasteiger partial charge >= 0.3 is 0 Å². The molecule has 1 atom stereocenters. The third-order valence-electron chi connectivity index (χ3n) is 3.74. The highest BCUT2D eigenvalue weighted by Gasteiger charge is 2.18. The molecule has 0 spiro atoms. The van der Waals surface area contributed by atoms with Crippen molar-refractivity contribution in [2.24, 2.45) is 0 Å². The highest BCUT2D eigenvalue weighted by molar-refractivity contribution is 5.36. The van der Waals surface area contributed by atoms with Crippen molar-refractivity contribution in [2.75, 3.05) is 6.54 Å². The van der Waals surface area contributed by atoms with Crippen LogP contribution in [0.15, 0.2) is 34.7 Å². The molecule has 0 aliphatic rings. The fraction of sp³-hybridized carbons (Fsp3) is 0.444. The normalized spacial score (nSPS) is 12.9. The highest BCUT2D eigenvalue weighted by Crippen LogP contribution is 2.28. The Morgan fingerprint density at radius 2 is 1.65 bits per heavy atom. The molecular formula is C18H25NO. The molecule has 20 heavy (non-hydrogen) atoms. The summed E-state index contributed by atoms with van der Waals surface area (Å²) in [5.41, 5.74) is 3.91. The quantitative estimate of drug-likeness (QED) is 0.851. The Hall–Kier alpha value is -1.54. The molecule has 2 aromatic rings. The van der Waals surface area contributed by atoms with Crippen molar-refractivity contribution in [3.63, 3.8) is 0 Å². The lowest BCUT2D eigenvalue weighted by molar-refractivity contribution is 0.495. The molecule has 0 aliphatic carbocycles. The first kappa shape index (κ1) is 14.9. The van der Waals surface area contributed by atoms with E-state index in [1.807, 2.05) is 13.8 Å². The Morgan fingerprint density at radius 3 is 2.10 bits per heavy atom. The number of aryl methyl sites for hydroxylation is 2. The minimum absolute atomic E-state index is 0.207. The van der Waals surface area contributed by atoms with Crippen molar-refractivity contribution in [3.05, 3.63) is 58.5 Å². The van der Waals surface area contributed by atoms with Crippen LogP contribution in [0.25, 0.3) is 0 Å². The van der Waals surface area contributed by atoms with Crippen molar-refractivity contribution in [1.29, 1.82) is 0 Å². The number of hydrogen-bond acceptors (Lipinski definition) is 2. The van der Waals surface area contributed by atoms with Gasteiger partial charge in [0, 0.05) is 5.56 Å². The molecule has 2 rings (SSSR count). The largest absolute Gasteiger partial charge is 0.466 e. The van der Waals surface area contributed by atoms with Gasteiger partial charge in [0.2, 0.25) is 0 Å². The van der Waals surface area contributed by atoms with Crippen molar-refractivity contribution in [3.8, 4) is 0 Å². The van der Waals surface area contributed by atoms with Crippen LogP contribution in [0.3, 0.4) is 0 Å². The highest BCUT2D eigenvalue weighted by atomic mass is 16.3. The Balaban J connectivity index is 2.35. The zero-order valence-electron chi connectivity index (χ0n) is 13.2. The van der Waals surface area contributed by atoms with Crippen molar-refractivity contribution >= 4 is 0 Å². The molecule has 0 radical (unpaired) electrons. The first-order valence-electron chi connectivity index (χ1n) is 7.43. The van der Waals surface area contributed by atoms with Gasteiger partial charge in [-0.15, -0.1) is 0 Å². The van der Waals surface area contributed by atoms with E-state index in [0.717, 1.165) is 18.1 Å². The first-order valence-corrected chi connectivity index (χ1v) is 7.43. The van der Waals surface area contributed by atoms with Gasteiger partial charge in [-0.2, -0.15) is 0 Å². The average molecular weight is 271 g/mol. The molecule has 2 heteroatoms. The minimum Gasteiger partial charge on any atom is -0.466 e. The monoisotopic (exact) mass is 271 g/mol. The average Bonchev–Trinajstić information content (AvgIpc) is 2.75. The van der Waals surface area contributed by atoms with Crippen LogP contribution >= 0.6 is 0 Å². The summed E-state index contributed by atoms with van der Waals surface area (Å²) in [6.45, 7) is 11.6. The van der Waals surface area contributed by atoms with E-state index in [1.165, 1.54) is 16.7 Å². The summed E-state index contributed by atoms with van der Waals surface area (Å²) in [5.74, 6) is 2.54. The Labute approximate surface area is 122 Å². The maximum Gasteiger partial charge on any atom is 0.106 e. The van der Waals surface area contributed by atoms with E-state index in [9.17, 15) is 0 Å². The summed E-state index contributed by atoms with van der Waals surface area (Å²) in [6.07, 6.45) is 0. The number of rotatable bonds is 5. The molecule has 108 valence electrons. The molecule has 0 fully saturated rings. The fourth-order valence-electron chi connectivity index (χ4n) is 2.62. The molecule has 0 amide bonds. The fourth-order valence-corrected chi connectivity index (χ4v) is 2.62. The van der Waals surface area contributed by atoms with E-state index in [2.05, 4.69) is 56.4 Å². The summed E-state index contributed by atoms with van der Waals surface area (Å²) < 4.78 is 5.69. The van der Waals surface area contributed by atoms with Gasteiger partial charge in [-0.05, 0) is 43.5 Å². The predicted molar refractivity (Wildman–Crippen MR) is 84.2 cm³/mol. The van der Waals surface area contributed by atoms with E-state index in [0.29, 0.717) is 5.92 Å². The molecule has 0 aliphatic heterocycles. The Kier molecular flexibility index (Phi) is 4.66. The Bertz CT molecular complexity index is 551. The molecule has 0 saturated heterocycles. The Morgan fingerprint density at radius 1 is 1.05 bits per heavy atom. The summed E-state index contributed by atoms with van der Waals surface area (Å²) >= 11 is 0. The van der Waals surface area contributed by atoms with Crippen LogP contribution in [-0.4, -0.2) is 6.54 Å². The van der Waals surface area contributed by atoms with Crippen LogP contribution in [-0.2, 0) is 0 Å². The second-order valence-corrected chi connectivity index (χ2v) is 5.68. The molecule has 0 bridgehead atoms. The third-order valence-corrected chi connectivity index (χ3v) is 3.74. The molecule has 1 aromatic carbocycles. The second kappa shape index (κ2) is 6.27. The molecular weight excluding hydrogens is 246 g/mol. The number of hydrogen-bond donors (Lipinski definition) is 1. The van der Waals surface area contributed by atoms with Gasteiger partial charge in [0.05, 0.1) is 6.04 Å². The van der Waals surface area contributed by atoms with Gasteiger partial charge in [0.1, 0.15) is 11.5 Å². The lowest BCUT2D eigenvalue weighted by Gasteiger charge is -2.19. The maximum atomic E-state index is 5.69. The molecule has 2 nitrogen and oxygen atoms in total. The van der Waals surface area contributed by atoms with Gasteiger partial charge in [0.25, 0.3) is 0 Å². The summed E-state index contributed by atoms with van der Waals surface area (Å²) in [4.78, 5) is 0. The summed E-state index contributed by atoms with van der Waals surface area (Å²) in [7, 11) is 0. The predicted octanol–water partition coefficient (Wildman–Crippen LogP) is 4.72. The van der Waals surface area contributed by atoms with Crippen LogP contribution in [0.5, 0.6) is 0 Å². The first-order chi connectivity index (χ1) is 9.52. The second-order valence-electron chi connectivity index (χ2n) is 5.68.